The number of nitrogens with one attached hydrogen (secondary N) is 1. The van der Waals surface area contributed by atoms with E-state index in [4.69, 9.17) is 9.15 Å². The lowest BCUT2D eigenvalue weighted by Gasteiger charge is -2.19. The summed E-state index contributed by atoms with van der Waals surface area (Å²) < 4.78 is 11.4. The van der Waals surface area contributed by atoms with Crippen LogP contribution in [0.1, 0.15) is 49.5 Å². The van der Waals surface area contributed by atoms with Crippen LogP contribution in [0.15, 0.2) is 34.7 Å². The van der Waals surface area contributed by atoms with Crippen LogP contribution in [0.25, 0.3) is 0 Å². The average Bonchev–Trinajstić information content (AvgIpc) is 2.75. The molecular weight excluding hydrogens is 262 g/mol. The van der Waals surface area contributed by atoms with Gasteiger partial charge in [-0.2, -0.15) is 0 Å². The highest BCUT2D eigenvalue weighted by molar-refractivity contribution is 5.37. The Labute approximate surface area is 127 Å². The lowest BCUT2D eigenvalue weighted by atomic mass is 9.99. The molecule has 0 spiro atoms. The zero-order valence-corrected chi connectivity index (χ0v) is 13.6. The van der Waals surface area contributed by atoms with E-state index in [1.165, 1.54) is 11.1 Å². The smallest absolute Gasteiger partial charge is 0.119 e. The largest absolute Gasteiger partial charge is 0.491 e. The van der Waals surface area contributed by atoms with Gasteiger partial charge in [0.2, 0.25) is 0 Å². The predicted octanol–water partition coefficient (Wildman–Crippen LogP) is 4.38. The summed E-state index contributed by atoms with van der Waals surface area (Å²) in [5.41, 5.74) is 2.42. The van der Waals surface area contributed by atoms with Gasteiger partial charge in [-0.25, -0.2) is 0 Å². The molecule has 1 aromatic heterocycles. The molecule has 0 saturated heterocycles. The van der Waals surface area contributed by atoms with Crippen molar-refractivity contribution in [2.24, 2.45) is 0 Å². The van der Waals surface area contributed by atoms with E-state index in [1.807, 2.05) is 39.8 Å². The fourth-order valence-corrected chi connectivity index (χ4v) is 2.56. The van der Waals surface area contributed by atoms with Crippen molar-refractivity contribution in [3.05, 3.63) is 53.0 Å². The van der Waals surface area contributed by atoms with Crippen LogP contribution >= 0.6 is 0 Å². The molecule has 0 bridgehead atoms. The highest BCUT2D eigenvalue weighted by atomic mass is 16.5. The summed E-state index contributed by atoms with van der Waals surface area (Å²) in [6.07, 6.45) is 0.194. The molecule has 1 N–H and O–H groups in total. The molecule has 1 heterocycles. The van der Waals surface area contributed by atoms with Crippen molar-refractivity contribution >= 4 is 0 Å². The topological polar surface area (TPSA) is 34.4 Å². The summed E-state index contributed by atoms with van der Waals surface area (Å²) >= 11 is 0. The molecule has 0 radical (unpaired) electrons. The molecule has 0 aliphatic heterocycles. The quantitative estimate of drug-likeness (QED) is 0.856. The summed E-state index contributed by atoms with van der Waals surface area (Å²) in [5, 5.41) is 3.53. The molecule has 1 unspecified atom stereocenters. The summed E-state index contributed by atoms with van der Waals surface area (Å²) in [6.45, 7) is 11.1. The molecule has 0 saturated carbocycles. The van der Waals surface area contributed by atoms with Crippen molar-refractivity contribution in [1.82, 2.24) is 5.32 Å². The number of rotatable bonds is 6. The van der Waals surface area contributed by atoms with E-state index in [9.17, 15) is 0 Å². The SMILES string of the molecule is CCNC(c1ccc(OC(C)C)cc1)c1cc(C)oc1C. The third kappa shape index (κ3) is 3.88. The zero-order valence-electron chi connectivity index (χ0n) is 13.6. The van der Waals surface area contributed by atoms with Gasteiger partial charge in [0.25, 0.3) is 0 Å². The Hall–Kier alpha value is -1.74. The van der Waals surface area contributed by atoms with E-state index in [1.54, 1.807) is 0 Å². The van der Waals surface area contributed by atoms with Crippen molar-refractivity contribution in [3.8, 4) is 5.75 Å². The van der Waals surface area contributed by atoms with E-state index >= 15 is 0 Å². The minimum atomic E-state index is 0.153. The van der Waals surface area contributed by atoms with Crippen LogP contribution in [0.3, 0.4) is 0 Å². The third-order valence-electron chi connectivity index (χ3n) is 3.38. The van der Waals surface area contributed by atoms with Gasteiger partial charge in [0, 0.05) is 5.56 Å². The van der Waals surface area contributed by atoms with Crippen LogP contribution in [0.2, 0.25) is 0 Å². The number of furan rings is 1. The second-order valence-electron chi connectivity index (χ2n) is 5.59. The van der Waals surface area contributed by atoms with Crippen LogP contribution in [-0.4, -0.2) is 12.6 Å². The Balaban J connectivity index is 2.28. The molecule has 0 aliphatic carbocycles. The molecule has 1 aromatic carbocycles. The van der Waals surface area contributed by atoms with Gasteiger partial charge < -0.3 is 14.5 Å². The van der Waals surface area contributed by atoms with Gasteiger partial charge >= 0.3 is 0 Å². The van der Waals surface area contributed by atoms with Crippen molar-refractivity contribution < 1.29 is 9.15 Å². The molecule has 2 aromatic rings. The number of ether oxygens (including phenoxy) is 1. The minimum Gasteiger partial charge on any atom is -0.491 e. The van der Waals surface area contributed by atoms with Gasteiger partial charge in [0.1, 0.15) is 17.3 Å². The van der Waals surface area contributed by atoms with Crippen molar-refractivity contribution in [2.45, 2.75) is 46.8 Å². The van der Waals surface area contributed by atoms with Crippen LogP contribution in [0.5, 0.6) is 5.75 Å². The van der Waals surface area contributed by atoms with Crippen molar-refractivity contribution in [2.75, 3.05) is 6.54 Å². The average molecular weight is 287 g/mol. The maximum Gasteiger partial charge on any atom is 0.119 e. The van der Waals surface area contributed by atoms with Gasteiger partial charge in [-0.1, -0.05) is 19.1 Å². The van der Waals surface area contributed by atoms with Crippen LogP contribution < -0.4 is 10.1 Å². The molecule has 0 aliphatic rings. The maximum absolute atomic E-state index is 5.70. The van der Waals surface area contributed by atoms with Crippen LogP contribution in [-0.2, 0) is 0 Å². The summed E-state index contributed by atoms with van der Waals surface area (Å²) in [5.74, 6) is 2.83. The normalized spacial score (nSPS) is 12.7. The number of hydrogen-bond acceptors (Lipinski definition) is 3. The first-order valence-corrected chi connectivity index (χ1v) is 7.58. The summed E-state index contributed by atoms with van der Waals surface area (Å²) in [4.78, 5) is 0. The molecule has 3 nitrogen and oxygen atoms in total. The number of benzene rings is 1. The second-order valence-corrected chi connectivity index (χ2v) is 5.59. The first-order valence-electron chi connectivity index (χ1n) is 7.58. The number of hydrogen-bond donors (Lipinski definition) is 1. The fourth-order valence-electron chi connectivity index (χ4n) is 2.56. The Bertz CT molecular complexity index is 569. The molecule has 3 heteroatoms. The first-order chi connectivity index (χ1) is 10.0. The van der Waals surface area contributed by atoms with Crippen LogP contribution in [0, 0.1) is 13.8 Å². The fraction of sp³-hybridized carbons (Fsp3) is 0.444. The van der Waals surface area contributed by atoms with Gasteiger partial charge in [0.15, 0.2) is 0 Å². The Morgan fingerprint density at radius 2 is 1.81 bits per heavy atom. The lowest BCUT2D eigenvalue weighted by molar-refractivity contribution is 0.242. The molecular formula is C18H25NO2. The number of aryl methyl sites for hydroxylation is 2. The molecule has 0 fully saturated rings. The van der Waals surface area contributed by atoms with E-state index in [2.05, 4.69) is 30.4 Å². The Kier molecular flexibility index (Phi) is 5.07. The monoisotopic (exact) mass is 287 g/mol. The molecule has 21 heavy (non-hydrogen) atoms. The summed E-state index contributed by atoms with van der Waals surface area (Å²) in [7, 11) is 0. The zero-order chi connectivity index (χ0) is 15.4. The molecule has 0 amide bonds. The van der Waals surface area contributed by atoms with Crippen molar-refractivity contribution in [1.29, 1.82) is 0 Å². The maximum atomic E-state index is 5.70. The lowest BCUT2D eigenvalue weighted by Crippen LogP contribution is -2.22. The summed E-state index contributed by atoms with van der Waals surface area (Å²) in [6, 6.07) is 10.6. The molecule has 114 valence electrons. The minimum absolute atomic E-state index is 0.153. The Morgan fingerprint density at radius 3 is 2.29 bits per heavy atom. The Morgan fingerprint density at radius 1 is 1.14 bits per heavy atom. The predicted molar refractivity (Wildman–Crippen MR) is 85.9 cm³/mol. The first kappa shape index (κ1) is 15.6. The van der Waals surface area contributed by atoms with E-state index in [0.717, 1.165) is 23.8 Å². The van der Waals surface area contributed by atoms with E-state index < -0.39 is 0 Å². The second kappa shape index (κ2) is 6.81. The van der Waals surface area contributed by atoms with Crippen LogP contribution in [0.4, 0.5) is 0 Å². The van der Waals surface area contributed by atoms with E-state index in [0.29, 0.717) is 0 Å². The van der Waals surface area contributed by atoms with Gasteiger partial charge in [0.05, 0.1) is 12.1 Å². The highest BCUT2D eigenvalue weighted by Gasteiger charge is 2.18. The molecule has 2 rings (SSSR count). The van der Waals surface area contributed by atoms with Gasteiger partial charge in [-0.05, 0) is 58.0 Å². The standard InChI is InChI=1S/C18H25NO2/c1-6-19-18(17-11-13(4)21-14(17)5)15-7-9-16(10-8-15)20-12(2)3/h7-12,18-19H,6H2,1-5H3. The van der Waals surface area contributed by atoms with Gasteiger partial charge in [-0.3, -0.25) is 0 Å². The van der Waals surface area contributed by atoms with Crippen molar-refractivity contribution in [3.63, 3.8) is 0 Å². The highest BCUT2D eigenvalue weighted by Crippen LogP contribution is 2.28. The third-order valence-corrected chi connectivity index (χ3v) is 3.38. The van der Waals surface area contributed by atoms with E-state index in [-0.39, 0.29) is 12.1 Å². The van der Waals surface area contributed by atoms with Gasteiger partial charge in [-0.15, -0.1) is 0 Å². The molecule has 1 atom stereocenters.